The molecule has 1 rings (SSSR count). The van der Waals surface area contributed by atoms with Gasteiger partial charge in [-0.25, -0.2) is 4.39 Å². The molecule has 0 spiro atoms. The van der Waals surface area contributed by atoms with Crippen molar-refractivity contribution >= 4 is 27.7 Å². The largest absolute Gasteiger partial charge is 0.352 e. The van der Waals surface area contributed by atoms with Crippen LogP contribution in [-0.2, 0) is 4.79 Å². The maximum absolute atomic E-state index is 13.8. The molecule has 0 aliphatic carbocycles. The third-order valence-corrected chi connectivity index (χ3v) is 3.29. The Morgan fingerprint density at radius 2 is 2.05 bits per heavy atom. The van der Waals surface area contributed by atoms with Crippen LogP contribution < -0.4 is 5.32 Å². The molecule has 0 atom stereocenters. The number of likely N-dealkylation sites (N-methyl/N-ethyl adjacent to an activating group) is 1. The molecule has 1 N–H and O–H groups in total. The van der Waals surface area contributed by atoms with Crippen molar-refractivity contribution in [2.75, 3.05) is 13.1 Å². The Morgan fingerprint density at radius 1 is 1.40 bits per heavy atom. The van der Waals surface area contributed by atoms with Gasteiger partial charge in [-0.1, -0.05) is 6.07 Å². The van der Waals surface area contributed by atoms with Crippen molar-refractivity contribution < 1.29 is 14.0 Å². The normalized spacial score (nSPS) is 10.5. The van der Waals surface area contributed by atoms with Crippen LogP contribution in [0.25, 0.3) is 0 Å². The third-order valence-electron chi connectivity index (χ3n) is 2.63. The molecule has 1 aromatic rings. The Balaban J connectivity index is 2.90. The van der Waals surface area contributed by atoms with E-state index in [0.29, 0.717) is 11.0 Å². The summed E-state index contributed by atoms with van der Waals surface area (Å²) in [5, 5.41) is 2.70. The second-order valence-corrected chi connectivity index (χ2v) is 5.49. The average Bonchev–Trinajstić information content (AvgIpc) is 2.34. The van der Waals surface area contributed by atoms with Crippen LogP contribution >= 0.6 is 15.9 Å². The van der Waals surface area contributed by atoms with Crippen molar-refractivity contribution in [3.8, 4) is 0 Å². The van der Waals surface area contributed by atoms with Crippen LogP contribution in [0.2, 0.25) is 0 Å². The number of carbonyl (C=O) groups excluding carboxylic acids is 2. The van der Waals surface area contributed by atoms with E-state index < -0.39 is 11.7 Å². The molecule has 110 valence electrons. The summed E-state index contributed by atoms with van der Waals surface area (Å²) >= 11 is 3.16. The molecule has 0 unspecified atom stereocenters. The summed E-state index contributed by atoms with van der Waals surface area (Å²) in [4.78, 5) is 25.3. The van der Waals surface area contributed by atoms with Gasteiger partial charge in [-0.3, -0.25) is 9.59 Å². The summed E-state index contributed by atoms with van der Waals surface area (Å²) in [6.45, 7) is 5.65. The topological polar surface area (TPSA) is 49.4 Å². The highest BCUT2D eigenvalue weighted by Crippen LogP contribution is 2.21. The number of nitrogens with one attached hydrogen (secondary N) is 1. The summed E-state index contributed by atoms with van der Waals surface area (Å²) < 4.78 is 14.1. The molecule has 0 radical (unpaired) electrons. The summed E-state index contributed by atoms with van der Waals surface area (Å²) in [6.07, 6.45) is 0. The number of hydrogen-bond donors (Lipinski definition) is 1. The van der Waals surface area contributed by atoms with E-state index in [4.69, 9.17) is 0 Å². The van der Waals surface area contributed by atoms with E-state index in [1.165, 1.54) is 17.0 Å². The van der Waals surface area contributed by atoms with E-state index in [2.05, 4.69) is 21.2 Å². The van der Waals surface area contributed by atoms with Gasteiger partial charge in [-0.05, 0) is 48.8 Å². The third kappa shape index (κ3) is 4.30. The quantitative estimate of drug-likeness (QED) is 0.892. The van der Waals surface area contributed by atoms with Crippen LogP contribution in [0.15, 0.2) is 22.7 Å². The molecule has 0 saturated carbocycles. The fourth-order valence-corrected chi connectivity index (χ4v) is 2.24. The van der Waals surface area contributed by atoms with Gasteiger partial charge in [0.1, 0.15) is 5.82 Å². The maximum Gasteiger partial charge on any atom is 0.258 e. The maximum atomic E-state index is 13.8. The van der Waals surface area contributed by atoms with Gasteiger partial charge in [-0.15, -0.1) is 0 Å². The molecule has 0 aliphatic heterocycles. The molecule has 4 nitrogen and oxygen atoms in total. The standard InChI is InChI=1S/C14H18BrFN2O2/c1-4-18(8-12(19)17-9(2)3)14(20)13-10(15)6-5-7-11(13)16/h5-7,9H,4,8H2,1-3H3,(H,17,19). The zero-order valence-corrected chi connectivity index (χ0v) is 13.3. The van der Waals surface area contributed by atoms with Crippen LogP contribution in [0.3, 0.4) is 0 Å². The van der Waals surface area contributed by atoms with E-state index in [0.717, 1.165) is 0 Å². The molecule has 2 amide bonds. The van der Waals surface area contributed by atoms with Gasteiger partial charge >= 0.3 is 0 Å². The summed E-state index contributed by atoms with van der Waals surface area (Å²) in [6, 6.07) is 4.33. The van der Waals surface area contributed by atoms with Crippen molar-refractivity contribution in [3.05, 3.63) is 34.1 Å². The van der Waals surface area contributed by atoms with Crippen molar-refractivity contribution in [3.63, 3.8) is 0 Å². The van der Waals surface area contributed by atoms with Gasteiger partial charge in [0.2, 0.25) is 5.91 Å². The second-order valence-electron chi connectivity index (χ2n) is 4.64. The van der Waals surface area contributed by atoms with Crippen LogP contribution in [0.5, 0.6) is 0 Å². The number of halogens is 2. The molecule has 20 heavy (non-hydrogen) atoms. The Labute approximate surface area is 126 Å². The van der Waals surface area contributed by atoms with E-state index >= 15 is 0 Å². The van der Waals surface area contributed by atoms with E-state index in [1.807, 2.05) is 13.8 Å². The van der Waals surface area contributed by atoms with Crippen LogP contribution in [0.1, 0.15) is 31.1 Å². The molecular formula is C14H18BrFN2O2. The van der Waals surface area contributed by atoms with Crippen LogP contribution in [0, 0.1) is 5.82 Å². The van der Waals surface area contributed by atoms with Crippen molar-refractivity contribution in [1.29, 1.82) is 0 Å². The second kappa shape index (κ2) is 7.38. The van der Waals surface area contributed by atoms with Gasteiger partial charge in [0, 0.05) is 17.1 Å². The number of hydrogen-bond acceptors (Lipinski definition) is 2. The van der Waals surface area contributed by atoms with E-state index in [-0.39, 0.29) is 24.1 Å². The molecule has 0 bridgehead atoms. The lowest BCUT2D eigenvalue weighted by Crippen LogP contribution is -2.43. The Bertz CT molecular complexity index is 486. The first-order valence-corrected chi connectivity index (χ1v) is 7.18. The highest BCUT2D eigenvalue weighted by Gasteiger charge is 2.22. The lowest BCUT2D eigenvalue weighted by molar-refractivity contribution is -0.122. The van der Waals surface area contributed by atoms with E-state index in [1.54, 1.807) is 13.0 Å². The number of amides is 2. The van der Waals surface area contributed by atoms with Crippen LogP contribution in [0.4, 0.5) is 4.39 Å². The van der Waals surface area contributed by atoms with Gasteiger partial charge in [0.25, 0.3) is 5.91 Å². The fourth-order valence-electron chi connectivity index (χ4n) is 1.73. The minimum Gasteiger partial charge on any atom is -0.352 e. The lowest BCUT2D eigenvalue weighted by atomic mass is 10.2. The van der Waals surface area contributed by atoms with E-state index in [9.17, 15) is 14.0 Å². The van der Waals surface area contributed by atoms with Gasteiger partial charge in [0.15, 0.2) is 0 Å². The fraction of sp³-hybridized carbons (Fsp3) is 0.429. The van der Waals surface area contributed by atoms with Crippen molar-refractivity contribution in [2.45, 2.75) is 26.8 Å². The minimum atomic E-state index is -0.605. The zero-order valence-electron chi connectivity index (χ0n) is 11.7. The van der Waals surface area contributed by atoms with Crippen LogP contribution in [-0.4, -0.2) is 35.8 Å². The van der Waals surface area contributed by atoms with Crippen molar-refractivity contribution in [1.82, 2.24) is 10.2 Å². The predicted molar refractivity (Wildman–Crippen MR) is 79.0 cm³/mol. The lowest BCUT2D eigenvalue weighted by Gasteiger charge is -2.22. The molecule has 0 fully saturated rings. The summed E-state index contributed by atoms with van der Waals surface area (Å²) in [5.41, 5.74) is -0.0494. The first-order chi connectivity index (χ1) is 9.36. The molecule has 0 heterocycles. The Kier molecular flexibility index (Phi) is 6.13. The molecule has 0 saturated heterocycles. The number of benzene rings is 1. The zero-order chi connectivity index (χ0) is 15.3. The predicted octanol–water partition coefficient (Wildman–Crippen LogP) is 2.57. The molecule has 0 aliphatic rings. The number of carbonyl (C=O) groups is 2. The highest BCUT2D eigenvalue weighted by molar-refractivity contribution is 9.10. The smallest absolute Gasteiger partial charge is 0.258 e. The highest BCUT2D eigenvalue weighted by atomic mass is 79.9. The molecular weight excluding hydrogens is 327 g/mol. The Morgan fingerprint density at radius 3 is 2.55 bits per heavy atom. The van der Waals surface area contributed by atoms with Gasteiger partial charge in [-0.2, -0.15) is 0 Å². The van der Waals surface area contributed by atoms with Gasteiger partial charge in [0.05, 0.1) is 12.1 Å². The Hall–Kier alpha value is -1.43. The number of nitrogens with zero attached hydrogens (tertiary/aromatic N) is 1. The minimum absolute atomic E-state index is 0.00324. The molecule has 6 heteroatoms. The molecule has 0 aromatic heterocycles. The monoisotopic (exact) mass is 344 g/mol. The average molecular weight is 345 g/mol. The number of rotatable bonds is 5. The van der Waals surface area contributed by atoms with Crippen molar-refractivity contribution in [2.24, 2.45) is 0 Å². The first-order valence-electron chi connectivity index (χ1n) is 6.39. The first kappa shape index (κ1) is 16.6. The summed E-state index contributed by atoms with van der Waals surface area (Å²) in [7, 11) is 0. The SMILES string of the molecule is CCN(CC(=O)NC(C)C)C(=O)c1c(F)cccc1Br. The summed E-state index contributed by atoms with van der Waals surface area (Å²) in [5.74, 6) is -1.37. The molecule has 1 aromatic carbocycles. The van der Waals surface area contributed by atoms with Gasteiger partial charge < -0.3 is 10.2 Å².